The van der Waals surface area contributed by atoms with Crippen LogP contribution in [0.1, 0.15) is 12.5 Å². The second-order valence-electron chi connectivity index (χ2n) is 6.53. The number of amides is 2. The predicted octanol–water partition coefficient (Wildman–Crippen LogP) is 2.74. The molecule has 144 valence electrons. The number of nitrogens with zero attached hydrogens (tertiary/aromatic N) is 3. The Kier molecular flexibility index (Phi) is 4.79. The lowest BCUT2D eigenvalue weighted by atomic mass is 10.1. The molecule has 1 aliphatic rings. The normalized spacial score (nSPS) is 15.9. The van der Waals surface area contributed by atoms with E-state index in [1.807, 2.05) is 24.3 Å². The smallest absolute Gasteiger partial charge is 0.253 e. The maximum Gasteiger partial charge on any atom is 0.253 e. The number of carbonyl (C=O) groups excluding carboxylic acids is 2. The Morgan fingerprint density at radius 3 is 2.71 bits per heavy atom. The van der Waals surface area contributed by atoms with Crippen LogP contribution in [0.25, 0.3) is 11.0 Å². The zero-order chi connectivity index (χ0) is 19.7. The van der Waals surface area contributed by atoms with Crippen LogP contribution in [0.5, 0.6) is 0 Å². The predicted molar refractivity (Wildman–Crippen MR) is 103 cm³/mol. The molecule has 1 aliphatic heterocycles. The Hall–Kier alpha value is -3.26. The van der Waals surface area contributed by atoms with Gasteiger partial charge in [0.15, 0.2) is 0 Å². The molecule has 0 fully saturated rings. The van der Waals surface area contributed by atoms with E-state index in [-0.39, 0.29) is 24.1 Å². The highest BCUT2D eigenvalue weighted by molar-refractivity contribution is 6.05. The van der Waals surface area contributed by atoms with Gasteiger partial charge in [0.25, 0.3) is 5.91 Å². The summed E-state index contributed by atoms with van der Waals surface area (Å²) in [5.74, 6) is -0.392. The van der Waals surface area contributed by atoms with Gasteiger partial charge in [0.05, 0.1) is 30.6 Å². The fourth-order valence-electron chi connectivity index (χ4n) is 3.41. The van der Waals surface area contributed by atoms with Crippen molar-refractivity contribution in [3.05, 3.63) is 54.3 Å². The molecule has 0 saturated heterocycles. The maximum absolute atomic E-state index is 13.0. The van der Waals surface area contributed by atoms with Gasteiger partial charge >= 0.3 is 0 Å². The first-order chi connectivity index (χ1) is 13.6. The lowest BCUT2D eigenvalue weighted by Gasteiger charge is -2.15. The molecular weight excluding hydrogens is 363 g/mol. The van der Waals surface area contributed by atoms with E-state index in [9.17, 15) is 14.0 Å². The third-order valence-corrected chi connectivity index (χ3v) is 4.71. The molecule has 0 saturated carbocycles. The topological polar surface area (TPSA) is 76.5 Å². The highest BCUT2D eigenvalue weighted by Crippen LogP contribution is 2.36. The molecule has 8 heteroatoms. The fraction of sp³-hybridized carbons (Fsp3) is 0.250. The first-order valence-corrected chi connectivity index (χ1v) is 8.91. The van der Waals surface area contributed by atoms with Crippen molar-refractivity contribution < 1.29 is 18.7 Å². The van der Waals surface area contributed by atoms with Crippen molar-refractivity contribution in [3.63, 3.8) is 0 Å². The standard InChI is InChI=1S/C20H19FN4O3/c1-28-11-10-24-19(27)17(12-18(26)22-14-8-6-13(21)7-9-14)25-16-5-3-2-4-15(16)23-20(24)25/h2-9,17H,10-12H2,1H3,(H,22,26)/t17-/m0/s1. The Morgan fingerprint density at radius 1 is 1.21 bits per heavy atom. The molecule has 1 atom stereocenters. The van der Waals surface area contributed by atoms with Gasteiger partial charge in [0, 0.05) is 12.8 Å². The number of aromatic nitrogens is 2. The van der Waals surface area contributed by atoms with E-state index in [1.54, 1.807) is 16.6 Å². The molecule has 3 aromatic rings. The number of anilines is 2. The Labute approximate surface area is 160 Å². The monoisotopic (exact) mass is 382 g/mol. The zero-order valence-electron chi connectivity index (χ0n) is 15.3. The van der Waals surface area contributed by atoms with Crippen LogP contribution >= 0.6 is 0 Å². The van der Waals surface area contributed by atoms with Gasteiger partial charge in [-0.05, 0) is 36.4 Å². The number of ether oxygens (including phenoxy) is 1. The molecule has 28 heavy (non-hydrogen) atoms. The van der Waals surface area contributed by atoms with Crippen LogP contribution in [0.3, 0.4) is 0 Å². The molecule has 7 nitrogen and oxygen atoms in total. The van der Waals surface area contributed by atoms with Crippen LogP contribution in [0.2, 0.25) is 0 Å². The van der Waals surface area contributed by atoms with E-state index < -0.39 is 6.04 Å². The largest absolute Gasteiger partial charge is 0.383 e. The Balaban J connectivity index is 1.62. The number of methoxy groups -OCH3 is 1. The number of carbonyl (C=O) groups is 2. The van der Waals surface area contributed by atoms with E-state index >= 15 is 0 Å². The Morgan fingerprint density at radius 2 is 1.96 bits per heavy atom. The summed E-state index contributed by atoms with van der Waals surface area (Å²) >= 11 is 0. The summed E-state index contributed by atoms with van der Waals surface area (Å²) in [6, 6.07) is 12.3. The second-order valence-corrected chi connectivity index (χ2v) is 6.53. The van der Waals surface area contributed by atoms with Crippen LogP contribution in [0.4, 0.5) is 16.0 Å². The van der Waals surface area contributed by atoms with Gasteiger partial charge in [-0.1, -0.05) is 12.1 Å². The number of imidazole rings is 1. The van der Waals surface area contributed by atoms with Crippen LogP contribution in [0, 0.1) is 5.82 Å². The number of rotatable bonds is 6. The average Bonchev–Trinajstić information content (AvgIpc) is 3.17. The first-order valence-electron chi connectivity index (χ1n) is 8.91. The minimum atomic E-state index is -0.695. The van der Waals surface area contributed by atoms with Crippen LogP contribution < -0.4 is 10.2 Å². The Bertz CT molecular complexity index is 1030. The summed E-state index contributed by atoms with van der Waals surface area (Å²) in [4.78, 5) is 31.7. The summed E-state index contributed by atoms with van der Waals surface area (Å²) in [5.41, 5.74) is 2.03. The second kappa shape index (κ2) is 7.40. The molecule has 2 heterocycles. The minimum Gasteiger partial charge on any atom is -0.383 e. The third-order valence-electron chi connectivity index (χ3n) is 4.71. The van der Waals surface area contributed by atoms with Crippen LogP contribution in [0.15, 0.2) is 48.5 Å². The van der Waals surface area contributed by atoms with Crippen LogP contribution in [-0.4, -0.2) is 41.6 Å². The molecule has 4 rings (SSSR count). The van der Waals surface area contributed by atoms with E-state index in [0.717, 1.165) is 11.0 Å². The SMILES string of the molecule is COCCN1C(=O)[C@H](CC(=O)Nc2ccc(F)cc2)n2c1nc1ccccc12. The molecule has 1 aromatic heterocycles. The van der Waals surface area contributed by atoms with Crippen molar-refractivity contribution >= 4 is 34.5 Å². The lowest BCUT2D eigenvalue weighted by molar-refractivity contribution is -0.124. The number of hydrogen-bond donors (Lipinski definition) is 1. The van der Waals surface area contributed by atoms with Crippen molar-refractivity contribution in [1.29, 1.82) is 0 Å². The summed E-state index contributed by atoms with van der Waals surface area (Å²) in [6.45, 7) is 0.720. The van der Waals surface area contributed by atoms with Gasteiger partial charge in [-0.25, -0.2) is 9.37 Å². The van der Waals surface area contributed by atoms with E-state index in [4.69, 9.17) is 4.74 Å². The van der Waals surface area contributed by atoms with E-state index in [1.165, 1.54) is 24.3 Å². The minimum absolute atomic E-state index is 0.0486. The first kappa shape index (κ1) is 18.1. The molecule has 2 amide bonds. The average molecular weight is 382 g/mol. The molecule has 1 N–H and O–H groups in total. The number of nitrogens with one attached hydrogen (secondary N) is 1. The molecule has 0 aliphatic carbocycles. The molecule has 0 bridgehead atoms. The zero-order valence-corrected chi connectivity index (χ0v) is 15.3. The lowest BCUT2D eigenvalue weighted by Crippen LogP contribution is -2.33. The molecule has 0 unspecified atom stereocenters. The fourth-order valence-corrected chi connectivity index (χ4v) is 3.41. The van der Waals surface area contributed by atoms with E-state index in [2.05, 4.69) is 10.3 Å². The van der Waals surface area contributed by atoms with Crippen molar-refractivity contribution in [2.24, 2.45) is 0 Å². The van der Waals surface area contributed by atoms with Crippen molar-refractivity contribution in [3.8, 4) is 0 Å². The van der Waals surface area contributed by atoms with Gasteiger partial charge in [-0.15, -0.1) is 0 Å². The number of halogens is 1. The quantitative estimate of drug-likeness (QED) is 0.711. The molecule has 0 spiro atoms. The highest BCUT2D eigenvalue weighted by Gasteiger charge is 2.40. The number of fused-ring (bicyclic) bond motifs is 3. The molecular formula is C20H19FN4O3. The van der Waals surface area contributed by atoms with Gasteiger partial charge in [0.2, 0.25) is 11.9 Å². The van der Waals surface area contributed by atoms with Crippen LogP contribution in [-0.2, 0) is 14.3 Å². The highest BCUT2D eigenvalue weighted by atomic mass is 19.1. The van der Waals surface area contributed by atoms with Crippen molar-refractivity contribution in [2.45, 2.75) is 12.5 Å². The summed E-state index contributed by atoms with van der Waals surface area (Å²) in [6.07, 6.45) is -0.0486. The number of benzene rings is 2. The van der Waals surface area contributed by atoms with Gasteiger partial charge in [0.1, 0.15) is 11.9 Å². The third kappa shape index (κ3) is 3.22. The van der Waals surface area contributed by atoms with Crippen molar-refractivity contribution in [2.75, 3.05) is 30.5 Å². The van der Waals surface area contributed by atoms with Gasteiger partial charge in [-0.3, -0.25) is 19.1 Å². The number of para-hydroxylation sites is 2. The van der Waals surface area contributed by atoms with Crippen molar-refractivity contribution in [1.82, 2.24) is 9.55 Å². The van der Waals surface area contributed by atoms with Gasteiger partial charge in [-0.2, -0.15) is 0 Å². The van der Waals surface area contributed by atoms with E-state index in [0.29, 0.717) is 24.8 Å². The summed E-state index contributed by atoms with van der Waals surface area (Å²) in [5, 5.41) is 2.71. The summed E-state index contributed by atoms with van der Waals surface area (Å²) in [7, 11) is 1.57. The molecule has 0 radical (unpaired) electrons. The number of hydrogen-bond acceptors (Lipinski definition) is 4. The molecule has 2 aromatic carbocycles. The van der Waals surface area contributed by atoms with Gasteiger partial charge < -0.3 is 10.1 Å². The summed E-state index contributed by atoms with van der Waals surface area (Å²) < 4.78 is 20.0. The maximum atomic E-state index is 13.0.